The molecular formula is C24H36N4O4. The zero-order chi connectivity index (χ0) is 22.8. The summed E-state index contributed by atoms with van der Waals surface area (Å²) in [5, 5.41) is 2.90. The van der Waals surface area contributed by atoms with Gasteiger partial charge in [0.15, 0.2) is 0 Å². The number of nitrogens with zero attached hydrogens (tertiary/aromatic N) is 3. The fourth-order valence-electron chi connectivity index (χ4n) is 4.21. The molecule has 0 spiro atoms. The molecule has 1 N–H and O–H groups in total. The van der Waals surface area contributed by atoms with E-state index in [0.29, 0.717) is 65.1 Å². The standard InChI is InChI=1S/C24H36N4O4/c1-2-11-25-22(29)19-26-14-16-28(17-15-26)24(31)20-8-12-27(13-9-20)23(30)10-18-32-21-6-4-3-5-7-21/h3-7,20H,2,8-19H2,1H3,(H,25,29). The van der Waals surface area contributed by atoms with Gasteiger partial charge in [-0.15, -0.1) is 0 Å². The number of rotatable bonds is 9. The van der Waals surface area contributed by atoms with Crippen molar-refractivity contribution in [2.45, 2.75) is 32.6 Å². The molecule has 176 valence electrons. The minimum Gasteiger partial charge on any atom is -0.493 e. The number of para-hydroxylation sites is 1. The van der Waals surface area contributed by atoms with Crippen LogP contribution in [0.5, 0.6) is 5.75 Å². The molecule has 0 radical (unpaired) electrons. The highest BCUT2D eigenvalue weighted by atomic mass is 16.5. The molecule has 0 saturated carbocycles. The van der Waals surface area contributed by atoms with E-state index in [1.165, 1.54) is 0 Å². The Balaban J connectivity index is 1.33. The number of carbonyl (C=O) groups excluding carboxylic acids is 3. The number of nitrogens with one attached hydrogen (secondary N) is 1. The maximum atomic E-state index is 12.9. The summed E-state index contributed by atoms with van der Waals surface area (Å²) in [5.41, 5.74) is 0. The molecule has 2 saturated heterocycles. The predicted molar refractivity (Wildman–Crippen MR) is 122 cm³/mol. The van der Waals surface area contributed by atoms with E-state index in [9.17, 15) is 14.4 Å². The Morgan fingerprint density at radius 2 is 1.66 bits per heavy atom. The highest BCUT2D eigenvalue weighted by Crippen LogP contribution is 2.21. The Bertz CT molecular complexity index is 742. The molecule has 0 bridgehead atoms. The molecule has 1 aromatic rings. The van der Waals surface area contributed by atoms with Crippen molar-refractivity contribution < 1.29 is 19.1 Å². The lowest BCUT2D eigenvalue weighted by Gasteiger charge is -2.38. The first-order chi connectivity index (χ1) is 15.6. The zero-order valence-electron chi connectivity index (χ0n) is 19.1. The molecule has 3 amide bonds. The molecule has 2 aliphatic heterocycles. The van der Waals surface area contributed by atoms with Gasteiger partial charge >= 0.3 is 0 Å². The second-order valence-corrected chi connectivity index (χ2v) is 8.52. The van der Waals surface area contributed by atoms with Gasteiger partial charge in [0.1, 0.15) is 5.75 Å². The largest absolute Gasteiger partial charge is 0.493 e. The van der Waals surface area contributed by atoms with E-state index in [2.05, 4.69) is 10.2 Å². The van der Waals surface area contributed by atoms with Gasteiger partial charge in [0.05, 0.1) is 19.6 Å². The van der Waals surface area contributed by atoms with Crippen LogP contribution in [0.4, 0.5) is 0 Å². The number of benzene rings is 1. The summed E-state index contributed by atoms with van der Waals surface area (Å²) in [6.45, 7) is 7.53. The molecule has 3 rings (SSSR count). The van der Waals surface area contributed by atoms with Crippen LogP contribution in [-0.4, -0.2) is 91.4 Å². The van der Waals surface area contributed by atoms with Crippen LogP contribution in [0.1, 0.15) is 32.6 Å². The predicted octanol–water partition coefficient (Wildman–Crippen LogP) is 1.36. The van der Waals surface area contributed by atoms with Gasteiger partial charge in [0, 0.05) is 51.7 Å². The van der Waals surface area contributed by atoms with E-state index in [4.69, 9.17) is 4.74 Å². The monoisotopic (exact) mass is 444 g/mol. The average Bonchev–Trinajstić information content (AvgIpc) is 2.83. The molecule has 0 aromatic heterocycles. The average molecular weight is 445 g/mol. The lowest BCUT2D eigenvalue weighted by atomic mass is 9.94. The number of ether oxygens (including phenoxy) is 1. The van der Waals surface area contributed by atoms with Crippen molar-refractivity contribution in [3.63, 3.8) is 0 Å². The molecule has 0 atom stereocenters. The van der Waals surface area contributed by atoms with Crippen molar-refractivity contribution in [3.05, 3.63) is 30.3 Å². The quantitative estimate of drug-likeness (QED) is 0.622. The zero-order valence-corrected chi connectivity index (χ0v) is 19.1. The van der Waals surface area contributed by atoms with Crippen molar-refractivity contribution >= 4 is 17.7 Å². The number of piperazine rings is 1. The minimum atomic E-state index is -0.0148. The Morgan fingerprint density at radius 1 is 0.969 bits per heavy atom. The van der Waals surface area contributed by atoms with Crippen LogP contribution in [0.3, 0.4) is 0 Å². The third-order valence-corrected chi connectivity index (χ3v) is 6.15. The normalized spacial score (nSPS) is 17.8. The fourth-order valence-corrected chi connectivity index (χ4v) is 4.21. The first-order valence-corrected chi connectivity index (χ1v) is 11.8. The summed E-state index contributed by atoms with van der Waals surface area (Å²) in [5.74, 6) is 1.09. The summed E-state index contributed by atoms with van der Waals surface area (Å²) < 4.78 is 5.62. The van der Waals surface area contributed by atoms with Crippen molar-refractivity contribution in [2.75, 3.05) is 59.0 Å². The van der Waals surface area contributed by atoms with Crippen LogP contribution in [-0.2, 0) is 14.4 Å². The third kappa shape index (κ3) is 7.22. The van der Waals surface area contributed by atoms with Crippen molar-refractivity contribution in [1.29, 1.82) is 0 Å². The number of likely N-dealkylation sites (tertiary alicyclic amines) is 1. The second kappa shape index (κ2) is 12.4. The van der Waals surface area contributed by atoms with Crippen molar-refractivity contribution in [2.24, 2.45) is 5.92 Å². The minimum absolute atomic E-state index is 0.0148. The first-order valence-electron chi connectivity index (χ1n) is 11.8. The van der Waals surface area contributed by atoms with Gasteiger partial charge in [0.25, 0.3) is 0 Å². The molecule has 2 fully saturated rings. The fraction of sp³-hybridized carbons (Fsp3) is 0.625. The van der Waals surface area contributed by atoms with Gasteiger partial charge in [-0.05, 0) is 31.4 Å². The summed E-state index contributed by atoms with van der Waals surface area (Å²) >= 11 is 0. The number of carbonyl (C=O) groups is 3. The molecule has 0 unspecified atom stereocenters. The van der Waals surface area contributed by atoms with Gasteiger partial charge < -0.3 is 19.9 Å². The number of hydrogen-bond acceptors (Lipinski definition) is 5. The van der Waals surface area contributed by atoms with Gasteiger partial charge in [-0.2, -0.15) is 0 Å². The van der Waals surface area contributed by atoms with E-state index in [0.717, 1.165) is 25.3 Å². The molecule has 8 nitrogen and oxygen atoms in total. The van der Waals surface area contributed by atoms with Gasteiger partial charge in [-0.1, -0.05) is 25.1 Å². The molecule has 1 aromatic carbocycles. The Morgan fingerprint density at radius 3 is 2.31 bits per heavy atom. The van der Waals surface area contributed by atoms with E-state index >= 15 is 0 Å². The summed E-state index contributed by atoms with van der Waals surface area (Å²) in [6.07, 6.45) is 2.70. The summed E-state index contributed by atoms with van der Waals surface area (Å²) in [6, 6.07) is 9.49. The van der Waals surface area contributed by atoms with Crippen molar-refractivity contribution in [3.8, 4) is 5.75 Å². The molecule has 2 aliphatic rings. The van der Waals surface area contributed by atoms with Crippen LogP contribution in [0.15, 0.2) is 30.3 Å². The summed E-state index contributed by atoms with van der Waals surface area (Å²) in [4.78, 5) is 43.2. The first kappa shape index (κ1) is 24.0. The van der Waals surface area contributed by atoms with Gasteiger partial charge in [0.2, 0.25) is 17.7 Å². The van der Waals surface area contributed by atoms with E-state index in [-0.39, 0.29) is 23.6 Å². The summed E-state index contributed by atoms with van der Waals surface area (Å²) in [7, 11) is 0. The second-order valence-electron chi connectivity index (χ2n) is 8.52. The van der Waals surface area contributed by atoms with Crippen LogP contribution >= 0.6 is 0 Å². The molecular weight excluding hydrogens is 408 g/mol. The van der Waals surface area contributed by atoms with Crippen LogP contribution in [0.25, 0.3) is 0 Å². The number of piperidine rings is 1. The van der Waals surface area contributed by atoms with Crippen LogP contribution in [0, 0.1) is 5.92 Å². The number of amides is 3. The Labute approximate surface area is 190 Å². The SMILES string of the molecule is CCCNC(=O)CN1CCN(C(=O)C2CCN(C(=O)CCOc3ccccc3)CC2)CC1. The van der Waals surface area contributed by atoms with E-state index < -0.39 is 0 Å². The Hall–Kier alpha value is -2.61. The molecule has 2 heterocycles. The lowest BCUT2D eigenvalue weighted by Crippen LogP contribution is -2.53. The molecule has 8 heteroatoms. The maximum absolute atomic E-state index is 12.9. The lowest BCUT2D eigenvalue weighted by molar-refractivity contribution is -0.142. The van der Waals surface area contributed by atoms with Gasteiger partial charge in [-0.3, -0.25) is 19.3 Å². The third-order valence-electron chi connectivity index (χ3n) is 6.15. The van der Waals surface area contributed by atoms with Gasteiger partial charge in [-0.25, -0.2) is 0 Å². The maximum Gasteiger partial charge on any atom is 0.234 e. The van der Waals surface area contributed by atoms with Crippen LogP contribution in [0.2, 0.25) is 0 Å². The van der Waals surface area contributed by atoms with Crippen LogP contribution < -0.4 is 10.1 Å². The van der Waals surface area contributed by atoms with Crippen molar-refractivity contribution in [1.82, 2.24) is 20.0 Å². The highest BCUT2D eigenvalue weighted by Gasteiger charge is 2.31. The van der Waals surface area contributed by atoms with E-state index in [1.807, 2.05) is 47.1 Å². The topological polar surface area (TPSA) is 82.2 Å². The number of hydrogen-bond donors (Lipinski definition) is 1. The molecule has 32 heavy (non-hydrogen) atoms. The smallest absolute Gasteiger partial charge is 0.234 e. The highest BCUT2D eigenvalue weighted by molar-refractivity contribution is 5.80. The van der Waals surface area contributed by atoms with E-state index in [1.54, 1.807) is 0 Å². The molecule has 0 aliphatic carbocycles. The Kier molecular flexibility index (Phi) is 9.34.